The fourth-order valence-corrected chi connectivity index (χ4v) is 1.66. The van der Waals surface area contributed by atoms with Crippen LogP contribution in [0.15, 0.2) is 0 Å². The third-order valence-electron chi connectivity index (χ3n) is 2.46. The molecule has 1 saturated heterocycles. The Morgan fingerprint density at radius 1 is 1.54 bits per heavy atom. The molecule has 0 saturated carbocycles. The molecule has 1 rings (SSSR count). The predicted octanol–water partition coefficient (Wildman–Crippen LogP) is 1.69. The number of hydrogen-bond donors (Lipinski definition) is 1. The van der Waals surface area contributed by atoms with Crippen molar-refractivity contribution >= 4 is 0 Å². The van der Waals surface area contributed by atoms with Crippen LogP contribution in [0.4, 0.5) is 0 Å². The molecule has 3 nitrogen and oxygen atoms in total. The molecule has 1 heterocycles. The standard InChI is InChI=1S/C10H20O3/c1-5-6-10(4,11)8-7-12-9(2,3)13-8/h8,11H,5-7H2,1-4H3. The van der Waals surface area contributed by atoms with E-state index >= 15 is 0 Å². The molecule has 78 valence electrons. The Morgan fingerprint density at radius 3 is 2.54 bits per heavy atom. The van der Waals surface area contributed by atoms with Gasteiger partial charge in [0.25, 0.3) is 0 Å². The summed E-state index contributed by atoms with van der Waals surface area (Å²) in [6, 6.07) is 0. The van der Waals surface area contributed by atoms with E-state index in [0.29, 0.717) is 6.61 Å². The second kappa shape index (κ2) is 3.56. The molecule has 0 radical (unpaired) electrons. The molecule has 2 atom stereocenters. The van der Waals surface area contributed by atoms with Crippen LogP contribution in [0.2, 0.25) is 0 Å². The third kappa shape index (κ3) is 2.66. The van der Waals surface area contributed by atoms with Crippen LogP contribution in [-0.2, 0) is 9.47 Å². The molecule has 0 aromatic carbocycles. The van der Waals surface area contributed by atoms with Crippen LogP contribution in [0, 0.1) is 0 Å². The van der Waals surface area contributed by atoms with E-state index in [2.05, 4.69) is 6.92 Å². The SMILES string of the molecule is CCCC(C)(O)C1COC(C)(C)O1. The van der Waals surface area contributed by atoms with Crippen molar-refractivity contribution in [2.24, 2.45) is 0 Å². The summed E-state index contributed by atoms with van der Waals surface area (Å²) < 4.78 is 11.0. The Hall–Kier alpha value is -0.120. The summed E-state index contributed by atoms with van der Waals surface area (Å²) in [5.41, 5.74) is -0.761. The molecule has 0 aliphatic carbocycles. The van der Waals surface area contributed by atoms with E-state index in [1.165, 1.54) is 0 Å². The highest BCUT2D eigenvalue weighted by molar-refractivity contribution is 4.87. The summed E-state index contributed by atoms with van der Waals surface area (Å²) in [6.45, 7) is 8.09. The van der Waals surface area contributed by atoms with Gasteiger partial charge in [-0.05, 0) is 27.2 Å². The van der Waals surface area contributed by atoms with Crippen LogP contribution >= 0.6 is 0 Å². The predicted molar refractivity (Wildman–Crippen MR) is 50.4 cm³/mol. The average Bonchev–Trinajstić information content (AvgIpc) is 2.30. The summed E-state index contributed by atoms with van der Waals surface area (Å²) in [4.78, 5) is 0. The van der Waals surface area contributed by atoms with E-state index in [1.807, 2.05) is 20.8 Å². The molecule has 13 heavy (non-hydrogen) atoms. The third-order valence-corrected chi connectivity index (χ3v) is 2.46. The summed E-state index contributed by atoms with van der Waals surface area (Å²) in [7, 11) is 0. The zero-order chi connectivity index (χ0) is 10.1. The average molecular weight is 188 g/mol. The molecule has 0 aromatic rings. The van der Waals surface area contributed by atoms with Crippen LogP contribution in [0.25, 0.3) is 0 Å². The lowest BCUT2D eigenvalue weighted by molar-refractivity contribution is -0.167. The quantitative estimate of drug-likeness (QED) is 0.732. The molecule has 0 aromatic heterocycles. The maximum Gasteiger partial charge on any atom is 0.163 e. The molecule has 1 fully saturated rings. The van der Waals surface area contributed by atoms with E-state index in [4.69, 9.17) is 9.47 Å². The normalized spacial score (nSPS) is 31.6. The first-order chi connectivity index (χ1) is 5.87. The first-order valence-electron chi connectivity index (χ1n) is 4.91. The monoisotopic (exact) mass is 188 g/mol. The zero-order valence-corrected chi connectivity index (χ0v) is 8.96. The van der Waals surface area contributed by atoms with E-state index in [0.717, 1.165) is 12.8 Å². The van der Waals surface area contributed by atoms with Crippen LogP contribution in [0.1, 0.15) is 40.5 Å². The van der Waals surface area contributed by atoms with E-state index in [-0.39, 0.29) is 6.10 Å². The minimum Gasteiger partial charge on any atom is -0.387 e. The van der Waals surface area contributed by atoms with Gasteiger partial charge in [0.1, 0.15) is 6.10 Å². The van der Waals surface area contributed by atoms with E-state index in [1.54, 1.807) is 0 Å². The Balaban J connectivity index is 2.54. The Morgan fingerprint density at radius 2 is 2.15 bits per heavy atom. The summed E-state index contributed by atoms with van der Waals surface area (Å²) in [5.74, 6) is -0.539. The van der Waals surface area contributed by atoms with Crippen molar-refractivity contribution in [3.8, 4) is 0 Å². The van der Waals surface area contributed by atoms with Crippen molar-refractivity contribution in [2.45, 2.75) is 58.0 Å². The Kier molecular flexibility index (Phi) is 3.00. The first-order valence-corrected chi connectivity index (χ1v) is 4.91. The first kappa shape index (κ1) is 11.0. The second-order valence-electron chi connectivity index (χ2n) is 4.42. The van der Waals surface area contributed by atoms with Gasteiger partial charge in [-0.3, -0.25) is 0 Å². The highest BCUT2D eigenvalue weighted by atomic mass is 16.7. The Bertz CT molecular complexity index is 175. The Labute approximate surface area is 80.0 Å². The van der Waals surface area contributed by atoms with Crippen molar-refractivity contribution in [3.05, 3.63) is 0 Å². The van der Waals surface area contributed by atoms with Gasteiger partial charge in [-0.25, -0.2) is 0 Å². The maximum absolute atomic E-state index is 10.0. The van der Waals surface area contributed by atoms with Crippen LogP contribution in [0.5, 0.6) is 0 Å². The molecule has 2 unspecified atom stereocenters. The summed E-state index contributed by atoms with van der Waals surface area (Å²) in [6.07, 6.45) is 1.51. The number of aliphatic hydroxyl groups is 1. The van der Waals surface area contributed by atoms with Gasteiger partial charge in [-0.15, -0.1) is 0 Å². The van der Waals surface area contributed by atoms with E-state index in [9.17, 15) is 5.11 Å². The minimum atomic E-state index is -0.761. The topological polar surface area (TPSA) is 38.7 Å². The van der Waals surface area contributed by atoms with Gasteiger partial charge in [0, 0.05) is 0 Å². The lowest BCUT2D eigenvalue weighted by Crippen LogP contribution is -2.41. The molecule has 3 heteroatoms. The van der Waals surface area contributed by atoms with Crippen LogP contribution < -0.4 is 0 Å². The summed E-state index contributed by atoms with van der Waals surface area (Å²) in [5, 5.41) is 10.0. The molecule has 0 spiro atoms. The molecule has 0 bridgehead atoms. The molecular weight excluding hydrogens is 168 g/mol. The summed E-state index contributed by atoms with van der Waals surface area (Å²) >= 11 is 0. The molecular formula is C10H20O3. The van der Waals surface area contributed by atoms with Crippen molar-refractivity contribution < 1.29 is 14.6 Å². The number of hydrogen-bond acceptors (Lipinski definition) is 3. The second-order valence-corrected chi connectivity index (χ2v) is 4.42. The van der Waals surface area contributed by atoms with Gasteiger partial charge in [0.15, 0.2) is 5.79 Å². The molecule has 1 aliphatic heterocycles. The highest BCUT2D eigenvalue weighted by Crippen LogP contribution is 2.31. The van der Waals surface area contributed by atoms with Crippen molar-refractivity contribution in [1.29, 1.82) is 0 Å². The van der Waals surface area contributed by atoms with Gasteiger partial charge < -0.3 is 14.6 Å². The van der Waals surface area contributed by atoms with Crippen LogP contribution in [0.3, 0.4) is 0 Å². The lowest BCUT2D eigenvalue weighted by atomic mass is 9.94. The molecule has 0 amide bonds. The van der Waals surface area contributed by atoms with Crippen molar-refractivity contribution in [1.82, 2.24) is 0 Å². The van der Waals surface area contributed by atoms with Crippen molar-refractivity contribution in [3.63, 3.8) is 0 Å². The van der Waals surface area contributed by atoms with Gasteiger partial charge in [0.2, 0.25) is 0 Å². The fourth-order valence-electron chi connectivity index (χ4n) is 1.66. The van der Waals surface area contributed by atoms with Crippen molar-refractivity contribution in [2.75, 3.05) is 6.61 Å². The van der Waals surface area contributed by atoms with Crippen LogP contribution in [-0.4, -0.2) is 29.2 Å². The van der Waals surface area contributed by atoms with Gasteiger partial charge in [0.05, 0.1) is 12.2 Å². The zero-order valence-electron chi connectivity index (χ0n) is 8.96. The fraction of sp³-hybridized carbons (Fsp3) is 1.00. The van der Waals surface area contributed by atoms with E-state index < -0.39 is 11.4 Å². The van der Waals surface area contributed by atoms with Gasteiger partial charge >= 0.3 is 0 Å². The number of ether oxygens (including phenoxy) is 2. The van der Waals surface area contributed by atoms with Gasteiger partial charge in [-0.1, -0.05) is 13.3 Å². The lowest BCUT2D eigenvalue weighted by Gasteiger charge is -2.29. The largest absolute Gasteiger partial charge is 0.387 e. The highest BCUT2D eigenvalue weighted by Gasteiger charge is 2.42. The number of rotatable bonds is 3. The maximum atomic E-state index is 10.0. The van der Waals surface area contributed by atoms with Gasteiger partial charge in [-0.2, -0.15) is 0 Å². The molecule has 1 N–H and O–H groups in total. The minimum absolute atomic E-state index is 0.192. The smallest absolute Gasteiger partial charge is 0.163 e. The molecule has 1 aliphatic rings.